The minimum Gasteiger partial charge on any atom is -0.478 e. The minimum atomic E-state index is -3.88. The number of hydrogen-bond donors (Lipinski definition) is 1. The summed E-state index contributed by atoms with van der Waals surface area (Å²) in [5.41, 5.74) is 1.26. The van der Waals surface area contributed by atoms with Crippen molar-refractivity contribution in [3.63, 3.8) is 0 Å². The van der Waals surface area contributed by atoms with Gasteiger partial charge in [-0.3, -0.25) is 0 Å². The fourth-order valence-corrected chi connectivity index (χ4v) is 4.18. The van der Waals surface area contributed by atoms with Gasteiger partial charge in [-0.25, -0.2) is 17.6 Å². The highest BCUT2D eigenvalue weighted by Gasteiger charge is 2.23. The first kappa shape index (κ1) is 22.9. The van der Waals surface area contributed by atoms with Crippen LogP contribution in [0.4, 0.5) is 4.39 Å². The lowest BCUT2D eigenvalue weighted by Gasteiger charge is -2.18. The Morgan fingerprint density at radius 1 is 1.12 bits per heavy atom. The van der Waals surface area contributed by atoms with Crippen LogP contribution in [0.15, 0.2) is 77.7 Å². The van der Waals surface area contributed by atoms with Gasteiger partial charge >= 0.3 is 5.97 Å². The van der Waals surface area contributed by atoms with Crippen LogP contribution in [-0.4, -0.2) is 30.8 Å². The molecule has 164 valence electrons. The SMILES string of the molecule is CN(Cc1ccc(OC(C(=O)O)c2cccc(C#N)c2)cc1)S(=O)(=O)c1cccc(F)c1. The molecule has 0 aliphatic carbocycles. The fraction of sp³-hybridized carbons (Fsp3) is 0.130. The van der Waals surface area contributed by atoms with E-state index in [9.17, 15) is 22.7 Å². The molecule has 1 unspecified atom stereocenters. The molecule has 0 heterocycles. The van der Waals surface area contributed by atoms with Gasteiger partial charge in [0.25, 0.3) is 0 Å². The predicted molar refractivity (Wildman–Crippen MR) is 114 cm³/mol. The van der Waals surface area contributed by atoms with Crippen molar-refractivity contribution in [3.8, 4) is 11.8 Å². The molecule has 0 saturated heterocycles. The lowest BCUT2D eigenvalue weighted by molar-refractivity contribution is -0.145. The van der Waals surface area contributed by atoms with E-state index < -0.39 is 27.9 Å². The Morgan fingerprint density at radius 2 is 1.81 bits per heavy atom. The zero-order chi connectivity index (χ0) is 23.3. The molecule has 0 radical (unpaired) electrons. The molecule has 3 aromatic carbocycles. The van der Waals surface area contributed by atoms with Crippen molar-refractivity contribution in [2.24, 2.45) is 0 Å². The summed E-state index contributed by atoms with van der Waals surface area (Å²) in [7, 11) is -2.50. The summed E-state index contributed by atoms with van der Waals surface area (Å²) in [6, 6.07) is 19.1. The van der Waals surface area contributed by atoms with Gasteiger partial charge in [0, 0.05) is 19.2 Å². The van der Waals surface area contributed by atoms with Crippen molar-refractivity contribution < 1.29 is 27.4 Å². The molecule has 3 rings (SSSR count). The number of sulfonamides is 1. The van der Waals surface area contributed by atoms with Crippen molar-refractivity contribution in [1.82, 2.24) is 4.31 Å². The van der Waals surface area contributed by atoms with Gasteiger partial charge in [0.15, 0.2) is 0 Å². The second-order valence-electron chi connectivity index (χ2n) is 6.94. The Bertz CT molecular complexity index is 1270. The van der Waals surface area contributed by atoms with Gasteiger partial charge in [-0.05, 0) is 48.0 Å². The van der Waals surface area contributed by atoms with E-state index >= 15 is 0 Å². The molecule has 9 heteroatoms. The number of benzene rings is 3. The van der Waals surface area contributed by atoms with Gasteiger partial charge in [-0.15, -0.1) is 0 Å². The Labute approximate surface area is 185 Å². The summed E-state index contributed by atoms with van der Waals surface area (Å²) in [6.07, 6.45) is -1.31. The Morgan fingerprint density at radius 3 is 2.44 bits per heavy atom. The fourth-order valence-electron chi connectivity index (χ4n) is 2.99. The van der Waals surface area contributed by atoms with Crippen LogP contribution in [0.5, 0.6) is 5.75 Å². The highest BCUT2D eigenvalue weighted by molar-refractivity contribution is 7.89. The molecule has 1 atom stereocenters. The van der Waals surface area contributed by atoms with E-state index in [1.807, 2.05) is 6.07 Å². The predicted octanol–water partition coefficient (Wildman–Crippen LogP) is 3.72. The molecule has 0 aliphatic rings. The van der Waals surface area contributed by atoms with Gasteiger partial charge in [-0.2, -0.15) is 9.57 Å². The van der Waals surface area contributed by atoms with Gasteiger partial charge in [0.2, 0.25) is 16.1 Å². The highest BCUT2D eigenvalue weighted by atomic mass is 32.2. The zero-order valence-corrected chi connectivity index (χ0v) is 17.8. The van der Waals surface area contributed by atoms with Crippen LogP contribution in [0.2, 0.25) is 0 Å². The molecule has 0 aliphatic heterocycles. The lowest BCUT2D eigenvalue weighted by atomic mass is 10.1. The minimum absolute atomic E-state index is 0.0195. The molecule has 0 amide bonds. The highest BCUT2D eigenvalue weighted by Crippen LogP contribution is 2.24. The first-order valence-electron chi connectivity index (χ1n) is 9.41. The summed E-state index contributed by atoms with van der Waals surface area (Å²) in [5.74, 6) is -1.60. The van der Waals surface area contributed by atoms with E-state index in [1.54, 1.807) is 30.3 Å². The van der Waals surface area contributed by atoms with E-state index in [4.69, 9.17) is 10.00 Å². The Hall–Kier alpha value is -3.74. The maximum atomic E-state index is 13.4. The second kappa shape index (κ2) is 9.60. The van der Waals surface area contributed by atoms with Crippen LogP contribution >= 0.6 is 0 Å². The maximum Gasteiger partial charge on any atom is 0.349 e. The van der Waals surface area contributed by atoms with E-state index in [1.165, 1.54) is 43.4 Å². The largest absolute Gasteiger partial charge is 0.478 e. The average Bonchev–Trinajstić information content (AvgIpc) is 2.78. The van der Waals surface area contributed by atoms with Crippen LogP contribution in [-0.2, 0) is 21.4 Å². The van der Waals surface area contributed by atoms with Crippen molar-refractivity contribution in [1.29, 1.82) is 5.26 Å². The molecular weight excluding hydrogens is 435 g/mol. The molecule has 32 heavy (non-hydrogen) atoms. The number of rotatable bonds is 8. The average molecular weight is 454 g/mol. The van der Waals surface area contributed by atoms with E-state index in [0.717, 1.165) is 10.4 Å². The first-order chi connectivity index (χ1) is 15.2. The monoisotopic (exact) mass is 454 g/mol. The standard InChI is InChI=1S/C23H19FN2O5S/c1-26(32(29,30)21-7-3-6-19(24)13-21)15-16-8-10-20(11-9-16)31-22(23(27)28)18-5-2-4-17(12-18)14-25/h2-13,22H,15H2,1H3,(H,27,28). The molecule has 0 fully saturated rings. The normalized spacial score (nSPS) is 12.2. The van der Waals surface area contributed by atoms with Crippen molar-refractivity contribution in [2.75, 3.05) is 7.05 Å². The molecular formula is C23H19FN2O5S. The number of nitriles is 1. The van der Waals surface area contributed by atoms with E-state index in [0.29, 0.717) is 16.7 Å². The number of aliphatic carboxylic acids is 1. The summed E-state index contributed by atoms with van der Waals surface area (Å²) in [5, 5.41) is 18.5. The van der Waals surface area contributed by atoms with Gasteiger partial charge < -0.3 is 9.84 Å². The number of halogens is 1. The van der Waals surface area contributed by atoms with E-state index in [-0.39, 0.29) is 17.2 Å². The summed E-state index contributed by atoms with van der Waals surface area (Å²) >= 11 is 0. The molecule has 1 N–H and O–H groups in total. The van der Waals surface area contributed by atoms with Crippen LogP contribution in [0.1, 0.15) is 22.8 Å². The zero-order valence-electron chi connectivity index (χ0n) is 17.0. The third-order valence-corrected chi connectivity index (χ3v) is 6.43. The van der Waals surface area contributed by atoms with Crippen LogP contribution < -0.4 is 4.74 Å². The third kappa shape index (κ3) is 5.29. The number of ether oxygens (including phenoxy) is 1. The Balaban J connectivity index is 1.74. The molecule has 0 saturated carbocycles. The lowest BCUT2D eigenvalue weighted by Crippen LogP contribution is -2.26. The molecule has 7 nitrogen and oxygen atoms in total. The topological polar surface area (TPSA) is 108 Å². The second-order valence-corrected chi connectivity index (χ2v) is 8.98. The van der Waals surface area contributed by atoms with Crippen LogP contribution in [0.3, 0.4) is 0 Å². The number of hydrogen-bond acceptors (Lipinski definition) is 5. The van der Waals surface area contributed by atoms with Crippen LogP contribution in [0, 0.1) is 17.1 Å². The van der Waals surface area contributed by atoms with Crippen molar-refractivity contribution in [2.45, 2.75) is 17.5 Å². The van der Waals surface area contributed by atoms with E-state index in [2.05, 4.69) is 0 Å². The molecule has 0 spiro atoms. The summed E-state index contributed by atoms with van der Waals surface area (Å²) in [4.78, 5) is 11.5. The first-order valence-corrected chi connectivity index (χ1v) is 10.8. The number of carboxylic acids is 1. The van der Waals surface area contributed by atoms with Gasteiger partial charge in [-0.1, -0.05) is 30.3 Å². The van der Waals surface area contributed by atoms with Crippen LogP contribution in [0.25, 0.3) is 0 Å². The Kier molecular flexibility index (Phi) is 6.88. The van der Waals surface area contributed by atoms with Gasteiger partial charge in [0.1, 0.15) is 11.6 Å². The third-order valence-electron chi connectivity index (χ3n) is 4.63. The van der Waals surface area contributed by atoms with Gasteiger partial charge in [0.05, 0.1) is 16.5 Å². The molecule has 0 aromatic heterocycles. The van der Waals surface area contributed by atoms with Crippen molar-refractivity contribution in [3.05, 3.63) is 95.3 Å². The summed E-state index contributed by atoms with van der Waals surface area (Å²) < 4.78 is 45.3. The number of nitrogens with zero attached hydrogens (tertiary/aromatic N) is 2. The molecule has 0 bridgehead atoms. The maximum absolute atomic E-state index is 13.4. The molecule has 3 aromatic rings. The summed E-state index contributed by atoms with van der Waals surface area (Å²) in [6.45, 7) is 0.0195. The number of carboxylic acid groups (broad SMARTS) is 1. The number of carbonyl (C=O) groups is 1. The van der Waals surface area contributed by atoms with Crippen molar-refractivity contribution >= 4 is 16.0 Å². The smallest absolute Gasteiger partial charge is 0.349 e. The quantitative estimate of drug-likeness (QED) is 0.556.